The van der Waals surface area contributed by atoms with Crippen LogP contribution in [0.25, 0.3) is 0 Å². The summed E-state index contributed by atoms with van der Waals surface area (Å²) in [7, 11) is 2.21. The SMILES string of the molecule is CCC(C)C(=O)OCCC[Si](OC)(OC)OC.CCC(C)C(N)=O. The summed E-state index contributed by atoms with van der Waals surface area (Å²) in [4.78, 5) is 21.6. The molecule has 0 fully saturated rings. The fourth-order valence-corrected chi connectivity index (χ4v) is 3.22. The average Bonchev–Trinajstić information content (AvgIpc) is 2.61. The lowest BCUT2D eigenvalue weighted by molar-refractivity contribution is -0.148. The number of rotatable bonds is 11. The van der Waals surface area contributed by atoms with Gasteiger partial charge in [0.05, 0.1) is 12.5 Å². The molecule has 0 aromatic rings. The first-order chi connectivity index (χ1) is 11.2. The Labute approximate surface area is 147 Å². The lowest BCUT2D eigenvalue weighted by Crippen LogP contribution is -2.42. The largest absolute Gasteiger partial charge is 0.500 e. The van der Waals surface area contributed by atoms with E-state index in [9.17, 15) is 9.59 Å². The second kappa shape index (κ2) is 14.4. The number of nitrogens with two attached hydrogens (primary N) is 1. The molecule has 1 amide bonds. The van der Waals surface area contributed by atoms with Gasteiger partial charge in [-0.2, -0.15) is 0 Å². The molecule has 0 radical (unpaired) electrons. The number of esters is 1. The van der Waals surface area contributed by atoms with Gasteiger partial charge in [-0.25, -0.2) is 0 Å². The lowest BCUT2D eigenvalue weighted by atomic mass is 10.1. The maximum absolute atomic E-state index is 11.4. The quantitative estimate of drug-likeness (QED) is 0.343. The second-order valence-electron chi connectivity index (χ2n) is 5.59. The van der Waals surface area contributed by atoms with E-state index in [1.807, 2.05) is 27.7 Å². The summed E-state index contributed by atoms with van der Waals surface area (Å²) in [6.45, 7) is 7.97. The molecule has 2 N–H and O–H groups in total. The average molecular weight is 366 g/mol. The van der Waals surface area contributed by atoms with Crippen molar-refractivity contribution in [3.8, 4) is 0 Å². The highest BCUT2D eigenvalue weighted by Crippen LogP contribution is 2.15. The molecule has 2 unspecified atom stereocenters. The predicted molar refractivity (Wildman–Crippen MR) is 95.3 cm³/mol. The first-order valence-electron chi connectivity index (χ1n) is 8.34. The van der Waals surface area contributed by atoms with E-state index in [-0.39, 0.29) is 23.7 Å². The van der Waals surface area contributed by atoms with Gasteiger partial charge in [0.1, 0.15) is 0 Å². The van der Waals surface area contributed by atoms with E-state index >= 15 is 0 Å². The van der Waals surface area contributed by atoms with E-state index in [2.05, 4.69) is 0 Å². The Kier molecular flexibility index (Phi) is 15.2. The molecule has 0 saturated carbocycles. The van der Waals surface area contributed by atoms with Crippen LogP contribution in [0.2, 0.25) is 6.04 Å². The van der Waals surface area contributed by atoms with Gasteiger partial charge in [-0.15, -0.1) is 0 Å². The van der Waals surface area contributed by atoms with E-state index in [0.29, 0.717) is 19.1 Å². The topological polar surface area (TPSA) is 97.1 Å². The van der Waals surface area contributed by atoms with Crippen molar-refractivity contribution in [2.45, 2.75) is 53.0 Å². The van der Waals surface area contributed by atoms with Gasteiger partial charge < -0.3 is 23.7 Å². The van der Waals surface area contributed by atoms with Crippen LogP contribution in [0.5, 0.6) is 0 Å². The number of carbonyl (C=O) groups is 2. The van der Waals surface area contributed by atoms with Crippen LogP contribution >= 0.6 is 0 Å². The van der Waals surface area contributed by atoms with Crippen LogP contribution in [-0.2, 0) is 27.6 Å². The predicted octanol–water partition coefficient (Wildman–Crippen LogP) is 2.36. The summed E-state index contributed by atoms with van der Waals surface area (Å²) in [6.07, 6.45) is 2.32. The Bertz CT molecular complexity index is 341. The molecule has 0 rings (SSSR count). The minimum Gasteiger partial charge on any atom is -0.465 e. The Morgan fingerprint density at radius 2 is 1.42 bits per heavy atom. The number of amides is 1. The monoisotopic (exact) mass is 365 g/mol. The summed E-state index contributed by atoms with van der Waals surface area (Å²) in [5.41, 5.74) is 4.91. The molecule has 24 heavy (non-hydrogen) atoms. The number of carbonyl (C=O) groups excluding carboxylic acids is 2. The molecule has 7 nitrogen and oxygen atoms in total. The minimum absolute atomic E-state index is 0.0377. The summed E-state index contributed by atoms with van der Waals surface area (Å²) in [5.74, 6) is -0.348. The van der Waals surface area contributed by atoms with Crippen LogP contribution in [0.15, 0.2) is 0 Å². The highest BCUT2D eigenvalue weighted by molar-refractivity contribution is 6.60. The molecule has 8 heteroatoms. The van der Waals surface area contributed by atoms with Gasteiger partial charge in [-0.3, -0.25) is 9.59 Å². The zero-order chi connectivity index (χ0) is 19.2. The third-order valence-corrected chi connectivity index (χ3v) is 6.75. The molecule has 0 bridgehead atoms. The molecule has 0 aliphatic heterocycles. The van der Waals surface area contributed by atoms with Crippen molar-refractivity contribution in [1.29, 1.82) is 0 Å². The van der Waals surface area contributed by atoms with Gasteiger partial charge in [0.2, 0.25) is 5.91 Å². The van der Waals surface area contributed by atoms with Gasteiger partial charge in [-0.1, -0.05) is 27.7 Å². The molecule has 2 atom stereocenters. The van der Waals surface area contributed by atoms with Gasteiger partial charge >= 0.3 is 14.8 Å². The summed E-state index contributed by atoms with van der Waals surface area (Å²) in [5, 5.41) is 0. The molecule has 0 aromatic carbocycles. The molecule has 0 saturated heterocycles. The number of hydrogen-bond acceptors (Lipinski definition) is 6. The van der Waals surface area contributed by atoms with Gasteiger partial charge in [0, 0.05) is 33.3 Å². The molecule has 0 aliphatic rings. The zero-order valence-electron chi connectivity index (χ0n) is 16.2. The van der Waals surface area contributed by atoms with Crippen molar-refractivity contribution in [2.24, 2.45) is 17.6 Å². The highest BCUT2D eigenvalue weighted by atomic mass is 28.4. The Balaban J connectivity index is 0. The minimum atomic E-state index is -2.52. The maximum Gasteiger partial charge on any atom is 0.500 e. The Morgan fingerprint density at radius 1 is 0.958 bits per heavy atom. The van der Waals surface area contributed by atoms with Crippen molar-refractivity contribution in [2.75, 3.05) is 27.9 Å². The number of ether oxygens (including phenoxy) is 1. The van der Waals surface area contributed by atoms with Crippen LogP contribution in [-0.4, -0.2) is 48.6 Å². The third-order valence-electron chi connectivity index (χ3n) is 3.92. The summed E-state index contributed by atoms with van der Waals surface area (Å²) in [6, 6.07) is 0.643. The summed E-state index contributed by atoms with van der Waals surface area (Å²) < 4.78 is 20.9. The van der Waals surface area contributed by atoms with Gasteiger partial charge in [0.15, 0.2) is 0 Å². The number of hydrogen-bond donors (Lipinski definition) is 1. The molecule has 0 aliphatic carbocycles. The van der Waals surface area contributed by atoms with E-state index in [1.54, 1.807) is 21.3 Å². The Hall–Kier alpha value is -0.963. The van der Waals surface area contributed by atoms with Crippen LogP contribution in [0.4, 0.5) is 0 Å². The highest BCUT2D eigenvalue weighted by Gasteiger charge is 2.37. The van der Waals surface area contributed by atoms with Crippen molar-refractivity contribution in [3.63, 3.8) is 0 Å². The molecular weight excluding hydrogens is 330 g/mol. The van der Waals surface area contributed by atoms with E-state index in [0.717, 1.165) is 12.8 Å². The fourth-order valence-electron chi connectivity index (χ4n) is 1.53. The Morgan fingerprint density at radius 3 is 1.71 bits per heavy atom. The first kappa shape index (κ1) is 25.3. The lowest BCUT2D eigenvalue weighted by Gasteiger charge is -2.24. The van der Waals surface area contributed by atoms with E-state index < -0.39 is 8.80 Å². The van der Waals surface area contributed by atoms with Crippen molar-refractivity contribution < 1.29 is 27.6 Å². The van der Waals surface area contributed by atoms with E-state index in [1.165, 1.54) is 0 Å². The molecule has 0 aromatic heterocycles. The fraction of sp³-hybridized carbons (Fsp3) is 0.875. The van der Waals surface area contributed by atoms with Crippen molar-refractivity contribution in [3.05, 3.63) is 0 Å². The van der Waals surface area contributed by atoms with Crippen LogP contribution in [0.3, 0.4) is 0 Å². The number of primary amides is 1. The van der Waals surface area contributed by atoms with Crippen molar-refractivity contribution >= 4 is 20.7 Å². The standard InChI is InChI=1S/C11H24O5Si.C5H11NO/c1-6-10(2)11(12)16-8-7-9-17(13-3,14-4)15-5;1-3-4(2)5(6)7/h10H,6-9H2,1-5H3;4H,3H2,1-2H3,(H2,6,7). The molecular formula is C16H35NO6Si. The molecule has 144 valence electrons. The summed E-state index contributed by atoms with van der Waals surface area (Å²) >= 11 is 0. The smallest absolute Gasteiger partial charge is 0.465 e. The second-order valence-corrected chi connectivity index (χ2v) is 8.68. The third kappa shape index (κ3) is 10.7. The van der Waals surface area contributed by atoms with Crippen LogP contribution in [0, 0.1) is 11.8 Å². The first-order valence-corrected chi connectivity index (χ1v) is 10.3. The van der Waals surface area contributed by atoms with Crippen LogP contribution < -0.4 is 5.73 Å². The van der Waals surface area contributed by atoms with Crippen LogP contribution in [0.1, 0.15) is 47.0 Å². The van der Waals surface area contributed by atoms with Gasteiger partial charge in [-0.05, 0) is 19.3 Å². The zero-order valence-corrected chi connectivity index (χ0v) is 17.2. The normalized spacial score (nSPS) is 13.5. The van der Waals surface area contributed by atoms with E-state index in [4.69, 9.17) is 23.7 Å². The molecule has 0 spiro atoms. The van der Waals surface area contributed by atoms with Crippen molar-refractivity contribution in [1.82, 2.24) is 0 Å². The molecule has 0 heterocycles. The van der Waals surface area contributed by atoms with Gasteiger partial charge in [0.25, 0.3) is 0 Å². The maximum atomic E-state index is 11.4.